The summed E-state index contributed by atoms with van der Waals surface area (Å²) < 4.78 is 5.49. The van der Waals surface area contributed by atoms with Crippen molar-refractivity contribution in [1.82, 2.24) is 15.6 Å². The van der Waals surface area contributed by atoms with E-state index in [1.165, 1.54) is 0 Å². The first-order valence-corrected chi connectivity index (χ1v) is 7.97. The Kier molecular flexibility index (Phi) is 11.9. The largest absolute Gasteiger partial charge is 0.379 e. The van der Waals surface area contributed by atoms with Crippen molar-refractivity contribution in [2.24, 2.45) is 4.99 Å². The fourth-order valence-electron chi connectivity index (χ4n) is 1.65. The highest BCUT2D eigenvalue weighted by molar-refractivity contribution is 14.0. The molecule has 0 unspecified atom stereocenters. The zero-order valence-electron chi connectivity index (χ0n) is 13.3. The van der Waals surface area contributed by atoms with Crippen molar-refractivity contribution in [3.05, 3.63) is 16.1 Å². The van der Waals surface area contributed by atoms with Crippen LogP contribution in [0.4, 0.5) is 0 Å². The minimum absolute atomic E-state index is 0. The van der Waals surface area contributed by atoms with Gasteiger partial charge in [0.15, 0.2) is 5.96 Å². The number of aryl methyl sites for hydroxylation is 1. The van der Waals surface area contributed by atoms with E-state index in [1.807, 2.05) is 20.8 Å². The molecule has 1 heterocycles. The molecule has 21 heavy (non-hydrogen) atoms. The third-order valence-corrected chi connectivity index (χ3v) is 3.45. The highest BCUT2D eigenvalue weighted by Crippen LogP contribution is 2.07. The third kappa shape index (κ3) is 10.0. The molecule has 1 aromatic heterocycles. The molecule has 0 aliphatic rings. The van der Waals surface area contributed by atoms with Gasteiger partial charge in [-0.3, -0.25) is 4.99 Å². The molecule has 0 saturated carbocycles. The van der Waals surface area contributed by atoms with Crippen LogP contribution >= 0.6 is 35.3 Å². The summed E-state index contributed by atoms with van der Waals surface area (Å²) in [6.07, 6.45) is 2.19. The first-order valence-electron chi connectivity index (χ1n) is 7.09. The maximum absolute atomic E-state index is 5.49. The highest BCUT2D eigenvalue weighted by atomic mass is 127. The van der Waals surface area contributed by atoms with Crippen LogP contribution in [0.3, 0.4) is 0 Å². The second-order valence-corrected chi connectivity index (χ2v) is 5.87. The van der Waals surface area contributed by atoms with Crippen LogP contribution in [0.5, 0.6) is 0 Å². The number of aromatic nitrogens is 1. The summed E-state index contributed by atoms with van der Waals surface area (Å²) in [6.45, 7) is 8.61. The van der Waals surface area contributed by atoms with Gasteiger partial charge in [0.2, 0.25) is 0 Å². The minimum Gasteiger partial charge on any atom is -0.379 e. The number of hydrogen-bond acceptors (Lipinski definition) is 4. The molecular weight excluding hydrogens is 399 g/mol. The number of hydrogen-bond donors (Lipinski definition) is 2. The lowest BCUT2D eigenvalue weighted by molar-refractivity contribution is 0.0776. The zero-order chi connectivity index (χ0) is 14.8. The number of ether oxygens (including phenoxy) is 1. The molecular formula is C14H27IN4OS. The zero-order valence-corrected chi connectivity index (χ0v) is 16.5. The van der Waals surface area contributed by atoms with Crippen molar-refractivity contribution in [3.63, 3.8) is 0 Å². The number of nitrogens with zero attached hydrogens (tertiary/aromatic N) is 2. The van der Waals surface area contributed by atoms with Crippen LogP contribution in [0.25, 0.3) is 0 Å². The van der Waals surface area contributed by atoms with Gasteiger partial charge in [-0.2, -0.15) is 0 Å². The van der Waals surface area contributed by atoms with Gasteiger partial charge in [0, 0.05) is 38.5 Å². The maximum Gasteiger partial charge on any atom is 0.190 e. The van der Waals surface area contributed by atoms with Crippen LogP contribution in [-0.2, 0) is 11.2 Å². The number of guanidine groups is 1. The quantitative estimate of drug-likeness (QED) is 0.291. The Bertz CT molecular complexity index is 409. The van der Waals surface area contributed by atoms with Gasteiger partial charge in [-0.1, -0.05) is 0 Å². The van der Waals surface area contributed by atoms with Crippen molar-refractivity contribution >= 4 is 41.3 Å². The van der Waals surface area contributed by atoms with Crippen molar-refractivity contribution in [3.8, 4) is 0 Å². The molecule has 0 atom stereocenters. The third-order valence-electron chi connectivity index (χ3n) is 2.63. The fraction of sp³-hybridized carbons (Fsp3) is 0.714. The molecule has 0 aliphatic heterocycles. The molecule has 0 fully saturated rings. The molecule has 0 aliphatic carbocycles. The molecule has 0 amide bonds. The Labute approximate surface area is 149 Å². The van der Waals surface area contributed by atoms with Gasteiger partial charge in [-0.15, -0.1) is 35.3 Å². The first kappa shape index (κ1) is 20.6. The number of aliphatic imine (C=N–C) groups is 1. The Balaban J connectivity index is 0.00000400. The van der Waals surface area contributed by atoms with E-state index in [9.17, 15) is 0 Å². The molecule has 0 bridgehead atoms. The van der Waals surface area contributed by atoms with Crippen molar-refractivity contribution < 1.29 is 4.74 Å². The van der Waals surface area contributed by atoms with Gasteiger partial charge in [-0.25, -0.2) is 4.98 Å². The molecule has 7 heteroatoms. The first-order chi connectivity index (χ1) is 9.61. The lowest BCUT2D eigenvalue weighted by Gasteiger charge is -2.12. The average molecular weight is 426 g/mol. The maximum atomic E-state index is 5.49. The highest BCUT2D eigenvalue weighted by Gasteiger charge is 2.00. The van der Waals surface area contributed by atoms with Crippen LogP contribution in [0.2, 0.25) is 0 Å². The summed E-state index contributed by atoms with van der Waals surface area (Å²) in [5, 5.41) is 9.79. The second-order valence-electron chi connectivity index (χ2n) is 4.81. The summed E-state index contributed by atoms with van der Waals surface area (Å²) in [5.41, 5.74) is 1.14. The Morgan fingerprint density at radius 2 is 2.10 bits per heavy atom. The fourth-order valence-corrected chi connectivity index (χ4v) is 2.30. The molecule has 2 N–H and O–H groups in total. The molecule has 0 spiro atoms. The standard InChI is InChI=1S/C14H26N4OS.HI/c1-11(2)19-9-5-7-16-14(15-4)17-8-6-13-10-20-12(3)18-13;/h10-11H,5-9H2,1-4H3,(H2,15,16,17);1H. The number of nitrogens with one attached hydrogen (secondary N) is 2. The van der Waals surface area contributed by atoms with Gasteiger partial charge in [0.1, 0.15) is 0 Å². The number of thiazole rings is 1. The van der Waals surface area contributed by atoms with Gasteiger partial charge in [-0.05, 0) is 27.2 Å². The lowest BCUT2D eigenvalue weighted by Crippen LogP contribution is -2.39. The summed E-state index contributed by atoms with van der Waals surface area (Å²) in [4.78, 5) is 8.63. The SMILES string of the molecule is CN=C(NCCCOC(C)C)NCCc1csc(C)n1.I. The van der Waals surface area contributed by atoms with E-state index >= 15 is 0 Å². The van der Waals surface area contributed by atoms with Crippen molar-refractivity contribution in [2.75, 3.05) is 26.7 Å². The molecule has 5 nitrogen and oxygen atoms in total. The molecule has 1 aromatic rings. The Morgan fingerprint density at radius 1 is 1.38 bits per heavy atom. The summed E-state index contributed by atoms with van der Waals surface area (Å²) in [5.74, 6) is 0.835. The van der Waals surface area contributed by atoms with Gasteiger partial charge in [0.25, 0.3) is 0 Å². The van der Waals surface area contributed by atoms with E-state index in [4.69, 9.17) is 4.74 Å². The van der Waals surface area contributed by atoms with E-state index in [-0.39, 0.29) is 24.0 Å². The lowest BCUT2D eigenvalue weighted by atomic mass is 10.3. The molecule has 0 aromatic carbocycles. The Morgan fingerprint density at radius 3 is 2.67 bits per heavy atom. The summed E-state index contributed by atoms with van der Waals surface area (Å²) >= 11 is 1.69. The van der Waals surface area contributed by atoms with Crippen LogP contribution in [-0.4, -0.2) is 43.8 Å². The van der Waals surface area contributed by atoms with Crippen molar-refractivity contribution in [2.45, 2.75) is 39.7 Å². The van der Waals surface area contributed by atoms with Gasteiger partial charge in [0.05, 0.1) is 16.8 Å². The van der Waals surface area contributed by atoms with E-state index in [1.54, 1.807) is 18.4 Å². The number of halogens is 1. The predicted octanol–water partition coefficient (Wildman–Crippen LogP) is 2.59. The summed E-state index contributed by atoms with van der Waals surface area (Å²) in [6, 6.07) is 0. The van der Waals surface area contributed by atoms with Crippen LogP contribution in [0.15, 0.2) is 10.4 Å². The van der Waals surface area contributed by atoms with Crippen LogP contribution < -0.4 is 10.6 Å². The Hall–Kier alpha value is -0.410. The van der Waals surface area contributed by atoms with Gasteiger partial charge < -0.3 is 15.4 Å². The second kappa shape index (κ2) is 12.2. The minimum atomic E-state index is 0. The molecule has 0 saturated heterocycles. The van der Waals surface area contributed by atoms with Crippen LogP contribution in [0.1, 0.15) is 31.0 Å². The van der Waals surface area contributed by atoms with Crippen molar-refractivity contribution in [1.29, 1.82) is 0 Å². The molecule has 1 rings (SSSR count). The molecule has 0 radical (unpaired) electrons. The smallest absolute Gasteiger partial charge is 0.190 e. The normalized spacial score (nSPS) is 11.4. The van der Waals surface area contributed by atoms with Gasteiger partial charge >= 0.3 is 0 Å². The topological polar surface area (TPSA) is 58.5 Å². The summed E-state index contributed by atoms with van der Waals surface area (Å²) in [7, 11) is 1.78. The van der Waals surface area contributed by atoms with Crippen LogP contribution in [0, 0.1) is 6.92 Å². The predicted molar refractivity (Wildman–Crippen MR) is 101 cm³/mol. The monoisotopic (exact) mass is 426 g/mol. The number of rotatable bonds is 8. The van der Waals surface area contributed by atoms with E-state index < -0.39 is 0 Å². The molecule has 122 valence electrons. The average Bonchev–Trinajstić information content (AvgIpc) is 2.81. The van der Waals surface area contributed by atoms with E-state index in [0.29, 0.717) is 6.10 Å². The van der Waals surface area contributed by atoms with E-state index in [2.05, 4.69) is 26.0 Å². The van der Waals surface area contributed by atoms with E-state index in [0.717, 1.165) is 49.2 Å².